The number of para-hydroxylation sites is 1. The molecule has 0 spiro atoms. The van der Waals surface area contributed by atoms with Gasteiger partial charge < -0.3 is 15.0 Å². The molecule has 6 heteroatoms. The Morgan fingerprint density at radius 2 is 2.07 bits per heavy atom. The first-order valence-corrected chi connectivity index (χ1v) is 10.4. The van der Waals surface area contributed by atoms with Crippen molar-refractivity contribution < 1.29 is 9.53 Å². The molecule has 2 aliphatic rings. The zero-order chi connectivity index (χ0) is 19.5. The van der Waals surface area contributed by atoms with Gasteiger partial charge in [0.05, 0.1) is 7.11 Å². The highest BCUT2D eigenvalue weighted by Crippen LogP contribution is 2.27. The average molecular weight is 383 g/mol. The summed E-state index contributed by atoms with van der Waals surface area (Å²) in [6.07, 6.45) is 5.09. The first-order valence-electron chi connectivity index (χ1n) is 10.4. The summed E-state index contributed by atoms with van der Waals surface area (Å²) in [5.74, 6) is 1.03. The molecule has 1 aliphatic carbocycles. The summed E-state index contributed by atoms with van der Waals surface area (Å²) in [4.78, 5) is 15.0. The molecule has 1 aromatic heterocycles. The second-order valence-electron chi connectivity index (χ2n) is 7.72. The first kappa shape index (κ1) is 19.0. The van der Waals surface area contributed by atoms with Gasteiger partial charge in [-0.15, -0.1) is 0 Å². The molecule has 6 nitrogen and oxygen atoms in total. The minimum Gasteiger partial charge on any atom is -0.496 e. The number of hydrogen-bond donors (Lipinski definition) is 1. The van der Waals surface area contributed by atoms with Crippen LogP contribution in [0.5, 0.6) is 5.75 Å². The van der Waals surface area contributed by atoms with Gasteiger partial charge in [-0.2, -0.15) is 5.10 Å². The molecule has 1 N–H and O–H groups in total. The van der Waals surface area contributed by atoms with E-state index in [1.165, 1.54) is 5.69 Å². The van der Waals surface area contributed by atoms with E-state index in [0.717, 1.165) is 75.2 Å². The Morgan fingerprint density at radius 3 is 2.82 bits per heavy atom. The van der Waals surface area contributed by atoms with E-state index >= 15 is 0 Å². The Morgan fingerprint density at radius 1 is 1.29 bits per heavy atom. The van der Waals surface area contributed by atoms with Crippen LogP contribution in [0.25, 0.3) is 0 Å². The van der Waals surface area contributed by atoms with Crippen molar-refractivity contribution in [3.8, 4) is 5.75 Å². The van der Waals surface area contributed by atoms with Gasteiger partial charge in [-0.3, -0.25) is 9.48 Å². The van der Waals surface area contributed by atoms with Crippen LogP contribution in [-0.4, -0.2) is 46.8 Å². The number of carbonyl (C=O) groups is 1. The molecule has 28 heavy (non-hydrogen) atoms. The second-order valence-corrected chi connectivity index (χ2v) is 7.72. The highest BCUT2D eigenvalue weighted by Gasteiger charge is 2.31. The summed E-state index contributed by atoms with van der Waals surface area (Å²) < 4.78 is 7.50. The normalized spacial score (nSPS) is 18.9. The number of fused-ring (bicyclic) bond motifs is 1. The van der Waals surface area contributed by atoms with E-state index in [2.05, 4.69) is 18.3 Å². The predicted molar refractivity (Wildman–Crippen MR) is 109 cm³/mol. The molecular weight excluding hydrogens is 352 g/mol. The van der Waals surface area contributed by atoms with Crippen LogP contribution in [-0.2, 0) is 25.9 Å². The fourth-order valence-electron chi connectivity index (χ4n) is 4.47. The van der Waals surface area contributed by atoms with E-state index in [1.807, 2.05) is 27.8 Å². The number of amides is 1. The Hall–Kier alpha value is -2.34. The van der Waals surface area contributed by atoms with Crippen LogP contribution >= 0.6 is 0 Å². The van der Waals surface area contributed by atoms with E-state index in [0.29, 0.717) is 11.7 Å². The van der Waals surface area contributed by atoms with Gasteiger partial charge >= 0.3 is 0 Å². The molecular formula is C22H30N4O2. The summed E-state index contributed by atoms with van der Waals surface area (Å²) >= 11 is 0. The van der Waals surface area contributed by atoms with Gasteiger partial charge in [0.1, 0.15) is 5.75 Å². The van der Waals surface area contributed by atoms with Gasteiger partial charge in [-0.25, -0.2) is 0 Å². The smallest absolute Gasteiger partial charge is 0.274 e. The summed E-state index contributed by atoms with van der Waals surface area (Å²) in [6.45, 7) is 5.41. The van der Waals surface area contributed by atoms with Crippen LogP contribution in [0.1, 0.15) is 53.5 Å². The van der Waals surface area contributed by atoms with Crippen LogP contribution in [0.4, 0.5) is 0 Å². The molecule has 1 saturated heterocycles. The number of rotatable bonds is 6. The number of benzene rings is 1. The van der Waals surface area contributed by atoms with Crippen molar-refractivity contribution in [2.45, 2.75) is 58.2 Å². The number of nitrogens with one attached hydrogen (secondary N) is 1. The summed E-state index contributed by atoms with van der Waals surface area (Å²) in [5.41, 5.74) is 4.25. The number of likely N-dealkylation sites (tertiary alicyclic amines) is 1. The van der Waals surface area contributed by atoms with Crippen LogP contribution < -0.4 is 10.1 Å². The van der Waals surface area contributed by atoms with Crippen LogP contribution in [0.15, 0.2) is 24.3 Å². The minimum absolute atomic E-state index is 0.117. The Labute approximate surface area is 166 Å². The molecule has 1 fully saturated rings. The van der Waals surface area contributed by atoms with E-state index in [-0.39, 0.29) is 5.91 Å². The van der Waals surface area contributed by atoms with E-state index in [9.17, 15) is 4.79 Å². The van der Waals surface area contributed by atoms with Gasteiger partial charge in [0.2, 0.25) is 0 Å². The van der Waals surface area contributed by atoms with Crippen molar-refractivity contribution in [3.63, 3.8) is 0 Å². The lowest BCUT2D eigenvalue weighted by molar-refractivity contribution is 0.0785. The largest absolute Gasteiger partial charge is 0.496 e. The van der Waals surface area contributed by atoms with Crippen LogP contribution in [0, 0.1) is 0 Å². The van der Waals surface area contributed by atoms with Gasteiger partial charge in [-0.05, 0) is 45.1 Å². The fourth-order valence-corrected chi connectivity index (χ4v) is 4.47. The Bertz CT molecular complexity index is 839. The van der Waals surface area contributed by atoms with Gasteiger partial charge in [0.25, 0.3) is 5.91 Å². The molecule has 2 heterocycles. The number of hydrogen-bond acceptors (Lipinski definition) is 4. The monoisotopic (exact) mass is 382 g/mol. The third-order valence-electron chi connectivity index (χ3n) is 6.02. The summed E-state index contributed by atoms with van der Waals surface area (Å²) in [7, 11) is 1.71. The maximum Gasteiger partial charge on any atom is 0.274 e. The van der Waals surface area contributed by atoms with Crippen molar-refractivity contribution in [2.24, 2.45) is 0 Å². The Kier molecular flexibility index (Phi) is 5.67. The summed E-state index contributed by atoms with van der Waals surface area (Å²) in [6, 6.07) is 8.46. The van der Waals surface area contributed by atoms with Gasteiger partial charge in [-0.1, -0.05) is 18.2 Å². The lowest BCUT2D eigenvalue weighted by Crippen LogP contribution is -2.35. The average Bonchev–Trinajstić information content (AvgIpc) is 3.39. The highest BCUT2D eigenvalue weighted by atomic mass is 16.5. The highest BCUT2D eigenvalue weighted by molar-refractivity contribution is 5.94. The number of aromatic nitrogens is 2. The van der Waals surface area contributed by atoms with Gasteiger partial charge in [0.15, 0.2) is 5.69 Å². The molecule has 1 amide bonds. The molecule has 150 valence electrons. The van der Waals surface area contributed by atoms with Crippen LogP contribution in [0.2, 0.25) is 0 Å². The van der Waals surface area contributed by atoms with Crippen molar-refractivity contribution in [3.05, 3.63) is 46.8 Å². The molecule has 0 unspecified atom stereocenters. The molecule has 4 rings (SSSR count). The van der Waals surface area contributed by atoms with E-state index in [4.69, 9.17) is 9.84 Å². The quantitative estimate of drug-likeness (QED) is 0.835. The van der Waals surface area contributed by atoms with Crippen molar-refractivity contribution >= 4 is 5.91 Å². The number of nitrogens with zero attached hydrogens (tertiary/aromatic N) is 3. The second kappa shape index (κ2) is 8.35. The third-order valence-corrected chi connectivity index (χ3v) is 6.02. The third kappa shape index (κ3) is 3.65. The van der Waals surface area contributed by atoms with Crippen molar-refractivity contribution in [1.82, 2.24) is 20.0 Å². The number of carbonyl (C=O) groups excluding carboxylic acids is 1. The SMILES string of the molecule is CCn1nc(C(=O)N2CCCC2)c2c1CC[C@@H](NCc1ccccc1OC)C2. The summed E-state index contributed by atoms with van der Waals surface area (Å²) in [5, 5.41) is 8.39. The molecule has 1 aliphatic heterocycles. The number of ether oxygens (including phenoxy) is 1. The standard InChI is InChI=1S/C22H30N4O2/c1-3-26-19-11-10-17(23-15-16-8-4-5-9-20(16)28-2)14-18(19)21(24-26)22(27)25-12-6-7-13-25/h4-5,8-9,17,23H,3,6-7,10-15H2,1-2H3/t17-/m1/s1. The van der Waals surface area contributed by atoms with E-state index < -0.39 is 0 Å². The lowest BCUT2D eigenvalue weighted by Gasteiger charge is -2.25. The van der Waals surface area contributed by atoms with Crippen molar-refractivity contribution in [1.29, 1.82) is 0 Å². The zero-order valence-corrected chi connectivity index (χ0v) is 16.9. The molecule has 1 atom stereocenters. The fraction of sp³-hybridized carbons (Fsp3) is 0.545. The first-order chi connectivity index (χ1) is 13.7. The molecule has 2 aromatic rings. The van der Waals surface area contributed by atoms with Crippen molar-refractivity contribution in [2.75, 3.05) is 20.2 Å². The number of aryl methyl sites for hydroxylation is 1. The topological polar surface area (TPSA) is 59.4 Å². The predicted octanol–water partition coefficient (Wildman–Crippen LogP) is 2.79. The zero-order valence-electron chi connectivity index (χ0n) is 16.9. The maximum absolute atomic E-state index is 13.0. The van der Waals surface area contributed by atoms with Gasteiger partial charge in [0, 0.05) is 49.0 Å². The Balaban J connectivity index is 1.50. The van der Waals surface area contributed by atoms with E-state index in [1.54, 1.807) is 7.11 Å². The van der Waals surface area contributed by atoms with Crippen LogP contribution in [0.3, 0.4) is 0 Å². The minimum atomic E-state index is 0.117. The molecule has 0 bridgehead atoms. The number of methoxy groups -OCH3 is 1. The molecule has 0 radical (unpaired) electrons. The molecule has 0 saturated carbocycles. The lowest BCUT2D eigenvalue weighted by atomic mass is 9.91. The molecule has 1 aromatic carbocycles. The maximum atomic E-state index is 13.0.